The third-order valence-corrected chi connectivity index (χ3v) is 3.17. The van der Waals surface area contributed by atoms with E-state index in [1.54, 1.807) is 11.8 Å². The Labute approximate surface area is 98.7 Å². The number of nitrogens with zero attached hydrogens (tertiary/aromatic N) is 2. The van der Waals surface area contributed by atoms with Gasteiger partial charge in [0.05, 0.1) is 6.20 Å². The Hall–Kier alpha value is -1.85. The highest BCUT2D eigenvalue weighted by Crippen LogP contribution is 2.19. The van der Waals surface area contributed by atoms with Crippen LogP contribution in [0.4, 0.5) is 0 Å². The van der Waals surface area contributed by atoms with Crippen LogP contribution in [0.25, 0.3) is 0 Å². The normalized spacial score (nSPS) is 17.1. The molecule has 1 aliphatic rings. The lowest BCUT2D eigenvalue weighted by atomic mass is 9.96. The Morgan fingerprint density at radius 2 is 2.12 bits per heavy atom. The molecule has 0 bridgehead atoms. The van der Waals surface area contributed by atoms with Crippen molar-refractivity contribution in [1.29, 1.82) is 0 Å². The molecule has 1 saturated heterocycles. The maximum atomic E-state index is 12.1. The fraction of sp³-hybridized carbons (Fsp3) is 0.545. The van der Waals surface area contributed by atoms with Crippen molar-refractivity contribution < 1.29 is 14.1 Å². The van der Waals surface area contributed by atoms with Crippen LogP contribution in [0.3, 0.4) is 0 Å². The molecule has 1 aromatic rings. The lowest BCUT2D eigenvalue weighted by Gasteiger charge is -2.30. The zero-order chi connectivity index (χ0) is 12.4. The molecule has 1 aliphatic heterocycles. The highest BCUT2D eigenvalue weighted by molar-refractivity contribution is 5.95. The lowest BCUT2D eigenvalue weighted by molar-refractivity contribution is -0.123. The van der Waals surface area contributed by atoms with Crippen LogP contribution in [0.15, 0.2) is 10.7 Å². The number of aryl methyl sites for hydroxylation is 1. The molecular weight excluding hydrogens is 222 g/mol. The van der Waals surface area contributed by atoms with Gasteiger partial charge in [0, 0.05) is 19.0 Å². The van der Waals surface area contributed by atoms with Gasteiger partial charge in [-0.15, -0.1) is 0 Å². The quantitative estimate of drug-likeness (QED) is 0.802. The summed E-state index contributed by atoms with van der Waals surface area (Å²) in [6, 6.07) is 0. The van der Waals surface area contributed by atoms with Gasteiger partial charge < -0.3 is 15.2 Å². The topological polar surface area (TPSA) is 89.4 Å². The molecule has 1 fully saturated rings. The molecule has 0 atom stereocenters. The fourth-order valence-electron chi connectivity index (χ4n) is 2.04. The Bertz CT molecular complexity index is 433. The second kappa shape index (κ2) is 4.57. The van der Waals surface area contributed by atoms with Crippen molar-refractivity contribution in [3.8, 4) is 0 Å². The molecule has 2 amide bonds. The van der Waals surface area contributed by atoms with Gasteiger partial charge >= 0.3 is 0 Å². The molecule has 1 aromatic heterocycles. The van der Waals surface area contributed by atoms with Crippen LogP contribution in [0, 0.1) is 12.8 Å². The number of primary amides is 1. The maximum absolute atomic E-state index is 12.1. The summed E-state index contributed by atoms with van der Waals surface area (Å²) in [5.41, 5.74) is 5.73. The second-order valence-electron chi connectivity index (χ2n) is 4.26. The minimum atomic E-state index is -0.279. The van der Waals surface area contributed by atoms with Gasteiger partial charge in [-0.2, -0.15) is 0 Å². The van der Waals surface area contributed by atoms with Crippen molar-refractivity contribution in [3.63, 3.8) is 0 Å². The fourth-order valence-corrected chi connectivity index (χ4v) is 2.04. The van der Waals surface area contributed by atoms with E-state index in [1.165, 1.54) is 6.20 Å². The summed E-state index contributed by atoms with van der Waals surface area (Å²) in [5.74, 6) is 0.0413. The molecule has 2 N–H and O–H groups in total. The molecule has 0 aliphatic carbocycles. The smallest absolute Gasteiger partial charge is 0.259 e. The van der Waals surface area contributed by atoms with Gasteiger partial charge in [-0.1, -0.05) is 5.16 Å². The van der Waals surface area contributed by atoms with Crippen LogP contribution in [0.5, 0.6) is 0 Å². The Kier molecular flexibility index (Phi) is 3.12. The van der Waals surface area contributed by atoms with Gasteiger partial charge in [0.25, 0.3) is 5.91 Å². The summed E-state index contributed by atoms with van der Waals surface area (Å²) < 4.78 is 4.86. The lowest BCUT2D eigenvalue weighted by Crippen LogP contribution is -2.41. The van der Waals surface area contributed by atoms with Gasteiger partial charge in [-0.05, 0) is 19.8 Å². The van der Waals surface area contributed by atoms with Gasteiger partial charge in [0.15, 0.2) is 0 Å². The molecule has 0 saturated carbocycles. The molecule has 6 heteroatoms. The molecule has 6 nitrogen and oxygen atoms in total. The maximum Gasteiger partial charge on any atom is 0.259 e. The Morgan fingerprint density at radius 1 is 1.47 bits per heavy atom. The van der Waals surface area contributed by atoms with Gasteiger partial charge in [-0.3, -0.25) is 9.59 Å². The summed E-state index contributed by atoms with van der Waals surface area (Å²) in [5, 5.41) is 3.58. The summed E-state index contributed by atoms with van der Waals surface area (Å²) in [6.07, 6.45) is 2.69. The number of aromatic nitrogens is 1. The Morgan fingerprint density at radius 3 is 2.59 bits per heavy atom. The second-order valence-corrected chi connectivity index (χ2v) is 4.26. The van der Waals surface area contributed by atoms with Crippen LogP contribution in [-0.2, 0) is 4.79 Å². The highest BCUT2D eigenvalue weighted by Gasteiger charge is 2.27. The van der Waals surface area contributed by atoms with Crippen molar-refractivity contribution in [3.05, 3.63) is 17.5 Å². The SMILES string of the molecule is Cc1oncc1C(=O)N1CCC(C(N)=O)CC1. The number of likely N-dealkylation sites (tertiary alicyclic amines) is 1. The minimum absolute atomic E-state index is 0.0910. The van der Waals surface area contributed by atoms with E-state index >= 15 is 0 Å². The first-order valence-corrected chi connectivity index (χ1v) is 5.59. The van der Waals surface area contributed by atoms with E-state index in [4.69, 9.17) is 10.3 Å². The van der Waals surface area contributed by atoms with Gasteiger partial charge in [-0.25, -0.2) is 0 Å². The standard InChI is InChI=1S/C11H15N3O3/c1-7-9(6-13-17-7)11(16)14-4-2-8(3-5-14)10(12)15/h6,8H,2-5H2,1H3,(H2,12,15). The van der Waals surface area contributed by atoms with Crippen molar-refractivity contribution >= 4 is 11.8 Å². The predicted molar refractivity (Wildman–Crippen MR) is 59.1 cm³/mol. The van der Waals surface area contributed by atoms with Crippen LogP contribution in [0.2, 0.25) is 0 Å². The number of rotatable bonds is 2. The molecule has 0 unspecified atom stereocenters. The summed E-state index contributed by atoms with van der Waals surface area (Å²) in [6.45, 7) is 2.81. The first-order valence-electron chi connectivity index (χ1n) is 5.59. The molecule has 17 heavy (non-hydrogen) atoms. The average Bonchev–Trinajstić information content (AvgIpc) is 2.74. The number of carbonyl (C=O) groups is 2. The minimum Gasteiger partial charge on any atom is -0.369 e. The van der Waals surface area contributed by atoms with E-state index in [1.807, 2.05) is 0 Å². The highest BCUT2D eigenvalue weighted by atomic mass is 16.5. The van der Waals surface area contributed by atoms with Crippen LogP contribution < -0.4 is 5.73 Å². The van der Waals surface area contributed by atoms with Crippen LogP contribution >= 0.6 is 0 Å². The zero-order valence-electron chi connectivity index (χ0n) is 9.68. The van der Waals surface area contributed by atoms with Crippen molar-refractivity contribution in [2.24, 2.45) is 11.7 Å². The first-order chi connectivity index (χ1) is 8.09. The van der Waals surface area contributed by atoms with E-state index in [0.717, 1.165) is 0 Å². The molecule has 0 aromatic carbocycles. The summed E-state index contributed by atoms with van der Waals surface area (Å²) in [7, 11) is 0. The van der Waals surface area contributed by atoms with Crippen LogP contribution in [0.1, 0.15) is 29.0 Å². The van der Waals surface area contributed by atoms with Crippen molar-refractivity contribution in [1.82, 2.24) is 10.1 Å². The molecule has 0 radical (unpaired) electrons. The monoisotopic (exact) mass is 237 g/mol. The predicted octanol–water partition coefficient (Wildman–Crippen LogP) is 0.321. The summed E-state index contributed by atoms with van der Waals surface area (Å²) >= 11 is 0. The number of hydrogen-bond donors (Lipinski definition) is 1. The number of nitrogens with two attached hydrogens (primary N) is 1. The van der Waals surface area contributed by atoms with Gasteiger partial charge in [0.2, 0.25) is 5.91 Å². The molecule has 2 rings (SSSR count). The van der Waals surface area contributed by atoms with Crippen LogP contribution in [-0.4, -0.2) is 35.0 Å². The van der Waals surface area contributed by atoms with Crippen molar-refractivity contribution in [2.75, 3.05) is 13.1 Å². The largest absolute Gasteiger partial charge is 0.369 e. The zero-order valence-corrected chi connectivity index (χ0v) is 9.68. The third-order valence-electron chi connectivity index (χ3n) is 3.17. The summed E-state index contributed by atoms with van der Waals surface area (Å²) in [4.78, 5) is 24.8. The number of hydrogen-bond acceptors (Lipinski definition) is 4. The number of piperidine rings is 1. The van der Waals surface area contributed by atoms with E-state index in [9.17, 15) is 9.59 Å². The average molecular weight is 237 g/mol. The molecule has 92 valence electrons. The molecular formula is C11H15N3O3. The Balaban J connectivity index is 2.00. The van der Waals surface area contributed by atoms with E-state index < -0.39 is 0 Å². The van der Waals surface area contributed by atoms with E-state index in [-0.39, 0.29) is 17.7 Å². The first kappa shape index (κ1) is 11.6. The third kappa shape index (κ3) is 2.30. The number of amides is 2. The van der Waals surface area contributed by atoms with E-state index in [0.29, 0.717) is 37.3 Å². The molecule has 0 spiro atoms. The van der Waals surface area contributed by atoms with E-state index in [2.05, 4.69) is 5.16 Å². The molecule has 2 heterocycles. The van der Waals surface area contributed by atoms with Gasteiger partial charge in [0.1, 0.15) is 11.3 Å². The van der Waals surface area contributed by atoms with Crippen molar-refractivity contribution in [2.45, 2.75) is 19.8 Å². The number of carbonyl (C=O) groups excluding carboxylic acids is 2.